The van der Waals surface area contributed by atoms with Crippen LogP contribution in [0.2, 0.25) is 0 Å². The summed E-state index contributed by atoms with van der Waals surface area (Å²) in [5.74, 6) is -0.532. The summed E-state index contributed by atoms with van der Waals surface area (Å²) in [6, 6.07) is 0. The van der Waals surface area contributed by atoms with Gasteiger partial charge in [0.05, 0.1) is 5.69 Å². The van der Waals surface area contributed by atoms with Crippen molar-refractivity contribution in [3.8, 4) is 0 Å². The average Bonchev–Trinajstić information content (AvgIpc) is 2.48. The van der Waals surface area contributed by atoms with Crippen molar-refractivity contribution >= 4 is 5.97 Å². The fourth-order valence-electron chi connectivity index (χ4n) is 1.13. The molecule has 0 unspecified atom stereocenters. The number of nitrogens with zero attached hydrogens (tertiary/aromatic N) is 1. The molecule has 0 aliphatic heterocycles. The smallest absolute Gasteiger partial charge is 0.373 e. The molecule has 0 aliphatic rings. The van der Waals surface area contributed by atoms with Crippen LogP contribution in [0.4, 0.5) is 0 Å². The van der Waals surface area contributed by atoms with Gasteiger partial charge >= 0.3 is 5.97 Å². The molecule has 1 aromatic rings. The van der Waals surface area contributed by atoms with E-state index in [1.807, 2.05) is 13.8 Å². The molecular formula is C9H13NO3. The summed E-state index contributed by atoms with van der Waals surface area (Å²) in [6.45, 7) is 3.86. The van der Waals surface area contributed by atoms with Gasteiger partial charge in [0, 0.05) is 6.42 Å². The Morgan fingerprint density at radius 1 is 1.54 bits per heavy atom. The van der Waals surface area contributed by atoms with Gasteiger partial charge in [-0.3, -0.25) is 0 Å². The first-order valence-corrected chi connectivity index (χ1v) is 4.40. The molecule has 0 aliphatic carbocycles. The first kappa shape index (κ1) is 9.77. The van der Waals surface area contributed by atoms with Gasteiger partial charge in [0.15, 0.2) is 5.89 Å². The first-order valence-electron chi connectivity index (χ1n) is 4.40. The Balaban J connectivity index is 3.00. The Morgan fingerprint density at radius 2 is 2.23 bits per heavy atom. The number of aryl methyl sites for hydroxylation is 2. The van der Waals surface area contributed by atoms with Crippen molar-refractivity contribution < 1.29 is 14.3 Å². The van der Waals surface area contributed by atoms with Gasteiger partial charge in [-0.05, 0) is 6.42 Å². The van der Waals surface area contributed by atoms with Crippen LogP contribution in [-0.4, -0.2) is 16.1 Å². The van der Waals surface area contributed by atoms with E-state index >= 15 is 0 Å². The van der Waals surface area contributed by atoms with Crippen LogP contribution in [0.15, 0.2) is 4.42 Å². The maximum atomic E-state index is 10.7. The summed E-state index contributed by atoms with van der Waals surface area (Å²) in [7, 11) is 0. The van der Waals surface area contributed by atoms with Gasteiger partial charge < -0.3 is 9.52 Å². The molecule has 0 saturated heterocycles. The van der Waals surface area contributed by atoms with E-state index in [-0.39, 0.29) is 5.76 Å². The lowest BCUT2D eigenvalue weighted by molar-refractivity contribution is 0.0659. The Kier molecular flexibility index (Phi) is 3.06. The zero-order chi connectivity index (χ0) is 9.84. The van der Waals surface area contributed by atoms with E-state index in [1.54, 1.807) is 0 Å². The minimum atomic E-state index is -1.03. The minimum Gasteiger partial charge on any atom is -0.475 e. The number of carboxylic acid groups (broad SMARTS) is 1. The zero-order valence-corrected chi connectivity index (χ0v) is 7.83. The van der Waals surface area contributed by atoms with Crippen molar-refractivity contribution in [2.45, 2.75) is 33.1 Å². The number of carboxylic acids is 1. The van der Waals surface area contributed by atoms with E-state index in [1.165, 1.54) is 0 Å². The molecule has 0 saturated carbocycles. The second kappa shape index (κ2) is 4.07. The van der Waals surface area contributed by atoms with Crippen LogP contribution < -0.4 is 0 Å². The Morgan fingerprint density at radius 3 is 2.69 bits per heavy atom. The Labute approximate surface area is 76.6 Å². The number of aromatic carboxylic acids is 1. The van der Waals surface area contributed by atoms with Gasteiger partial charge in [0.25, 0.3) is 0 Å². The van der Waals surface area contributed by atoms with Crippen molar-refractivity contribution in [2.24, 2.45) is 0 Å². The molecule has 4 heteroatoms. The van der Waals surface area contributed by atoms with E-state index in [0.29, 0.717) is 24.4 Å². The maximum absolute atomic E-state index is 10.7. The third-order valence-corrected chi connectivity index (χ3v) is 1.73. The number of oxazole rings is 1. The van der Waals surface area contributed by atoms with Crippen LogP contribution >= 0.6 is 0 Å². The van der Waals surface area contributed by atoms with Crippen molar-refractivity contribution in [1.82, 2.24) is 4.98 Å². The second-order valence-corrected chi connectivity index (χ2v) is 2.79. The molecule has 1 heterocycles. The van der Waals surface area contributed by atoms with E-state index in [9.17, 15) is 4.79 Å². The third-order valence-electron chi connectivity index (χ3n) is 1.73. The van der Waals surface area contributed by atoms with E-state index in [2.05, 4.69) is 4.98 Å². The fraction of sp³-hybridized carbons (Fsp3) is 0.556. The van der Waals surface area contributed by atoms with Crippen molar-refractivity contribution in [2.75, 3.05) is 0 Å². The Bertz CT molecular complexity index is 304. The number of rotatable bonds is 4. The van der Waals surface area contributed by atoms with Crippen LogP contribution in [0.3, 0.4) is 0 Å². The summed E-state index contributed by atoms with van der Waals surface area (Å²) in [6.07, 6.45) is 2.16. The van der Waals surface area contributed by atoms with Crippen LogP contribution in [0.5, 0.6) is 0 Å². The van der Waals surface area contributed by atoms with E-state index in [4.69, 9.17) is 9.52 Å². The molecule has 0 spiro atoms. The van der Waals surface area contributed by atoms with Crippen molar-refractivity contribution in [1.29, 1.82) is 0 Å². The third kappa shape index (κ3) is 2.08. The summed E-state index contributed by atoms with van der Waals surface area (Å²) in [4.78, 5) is 14.8. The largest absolute Gasteiger partial charge is 0.475 e. The molecule has 0 atom stereocenters. The number of hydrogen-bond donors (Lipinski definition) is 1. The van der Waals surface area contributed by atoms with Crippen LogP contribution in [0.25, 0.3) is 0 Å². The molecule has 13 heavy (non-hydrogen) atoms. The molecule has 0 fully saturated rings. The summed E-state index contributed by atoms with van der Waals surface area (Å²) < 4.78 is 5.07. The monoisotopic (exact) mass is 183 g/mol. The van der Waals surface area contributed by atoms with Gasteiger partial charge in [-0.15, -0.1) is 0 Å². The molecule has 0 aromatic carbocycles. The average molecular weight is 183 g/mol. The van der Waals surface area contributed by atoms with E-state index in [0.717, 1.165) is 6.42 Å². The molecule has 0 amide bonds. The normalized spacial score (nSPS) is 10.3. The minimum absolute atomic E-state index is 0.00120. The van der Waals surface area contributed by atoms with Gasteiger partial charge in [-0.25, -0.2) is 9.78 Å². The van der Waals surface area contributed by atoms with Crippen LogP contribution in [0, 0.1) is 0 Å². The molecule has 1 rings (SSSR count). The standard InChI is InChI=1S/C9H13NO3/c1-3-5-6-8(9(11)12)13-7(4-2)10-6/h3-5H2,1-2H3,(H,11,12). The number of aromatic nitrogens is 1. The molecular weight excluding hydrogens is 170 g/mol. The molecule has 1 aromatic heterocycles. The molecule has 1 N–H and O–H groups in total. The van der Waals surface area contributed by atoms with Gasteiger partial charge in [0.2, 0.25) is 5.76 Å². The highest BCUT2D eigenvalue weighted by Gasteiger charge is 2.17. The fourth-order valence-corrected chi connectivity index (χ4v) is 1.13. The number of hydrogen-bond acceptors (Lipinski definition) is 3. The molecule has 0 bridgehead atoms. The quantitative estimate of drug-likeness (QED) is 0.774. The lowest BCUT2D eigenvalue weighted by atomic mass is 10.2. The predicted octanol–water partition coefficient (Wildman–Crippen LogP) is 1.89. The molecule has 72 valence electrons. The van der Waals surface area contributed by atoms with Gasteiger partial charge in [0.1, 0.15) is 0 Å². The second-order valence-electron chi connectivity index (χ2n) is 2.79. The number of carbonyl (C=O) groups is 1. The van der Waals surface area contributed by atoms with Crippen LogP contribution in [0.1, 0.15) is 42.4 Å². The highest BCUT2D eigenvalue weighted by Crippen LogP contribution is 2.13. The summed E-state index contributed by atoms with van der Waals surface area (Å²) >= 11 is 0. The molecule has 0 radical (unpaired) electrons. The zero-order valence-electron chi connectivity index (χ0n) is 7.83. The SMILES string of the molecule is CCCc1nc(CC)oc1C(=O)O. The Hall–Kier alpha value is -1.32. The first-order chi connectivity index (χ1) is 6.19. The van der Waals surface area contributed by atoms with E-state index < -0.39 is 5.97 Å². The summed E-state index contributed by atoms with van der Waals surface area (Å²) in [5, 5.41) is 8.77. The summed E-state index contributed by atoms with van der Waals surface area (Å²) in [5.41, 5.74) is 0.562. The highest BCUT2D eigenvalue weighted by atomic mass is 16.4. The van der Waals surface area contributed by atoms with Gasteiger partial charge in [-0.1, -0.05) is 20.3 Å². The molecule has 4 nitrogen and oxygen atoms in total. The predicted molar refractivity (Wildman–Crippen MR) is 46.8 cm³/mol. The highest BCUT2D eigenvalue weighted by molar-refractivity contribution is 5.85. The van der Waals surface area contributed by atoms with Crippen LogP contribution in [-0.2, 0) is 12.8 Å². The van der Waals surface area contributed by atoms with Gasteiger partial charge in [-0.2, -0.15) is 0 Å². The van der Waals surface area contributed by atoms with Crippen molar-refractivity contribution in [3.05, 3.63) is 17.3 Å². The lowest BCUT2D eigenvalue weighted by Crippen LogP contribution is -1.99. The van der Waals surface area contributed by atoms with Crippen molar-refractivity contribution in [3.63, 3.8) is 0 Å². The lowest BCUT2D eigenvalue weighted by Gasteiger charge is -1.91. The maximum Gasteiger partial charge on any atom is 0.373 e. The topological polar surface area (TPSA) is 63.3 Å².